The molecule has 1 aromatic heterocycles. The normalized spacial score (nSPS) is 20.1. The van der Waals surface area contributed by atoms with Crippen molar-refractivity contribution in [3.63, 3.8) is 0 Å². The highest BCUT2D eigenvalue weighted by molar-refractivity contribution is 7.80. The van der Waals surface area contributed by atoms with Crippen molar-refractivity contribution in [3.05, 3.63) is 53.9 Å². The van der Waals surface area contributed by atoms with Crippen LogP contribution in [0.5, 0.6) is 0 Å². The summed E-state index contributed by atoms with van der Waals surface area (Å²) in [6.45, 7) is 4.75. The maximum Gasteiger partial charge on any atom is 0.102 e. The maximum atomic E-state index is 10.2. The summed E-state index contributed by atoms with van der Waals surface area (Å²) in [4.78, 5) is 11.1. The molecule has 1 heterocycles. The van der Waals surface area contributed by atoms with E-state index in [0.29, 0.717) is 12.6 Å². The van der Waals surface area contributed by atoms with E-state index in [1.54, 1.807) is 0 Å². The van der Waals surface area contributed by atoms with Crippen molar-refractivity contribution in [3.8, 4) is 0 Å². The van der Waals surface area contributed by atoms with E-state index in [1.165, 1.54) is 0 Å². The fourth-order valence-electron chi connectivity index (χ4n) is 3.88. The number of aliphatic hydroxyl groups is 1. The lowest BCUT2D eigenvalue weighted by Crippen LogP contribution is -2.48. The van der Waals surface area contributed by atoms with Crippen LogP contribution in [0.15, 0.2) is 48.3 Å². The highest BCUT2D eigenvalue weighted by Crippen LogP contribution is 2.41. The fourth-order valence-corrected chi connectivity index (χ4v) is 4.21. The Morgan fingerprint density at radius 3 is 2.90 bits per heavy atom. The van der Waals surface area contributed by atoms with Crippen LogP contribution in [0.4, 0.5) is 0 Å². The minimum atomic E-state index is -0.600. The zero-order chi connectivity index (χ0) is 21.6. The summed E-state index contributed by atoms with van der Waals surface area (Å²) < 4.78 is 0. The van der Waals surface area contributed by atoms with Gasteiger partial charge in [0.05, 0.1) is 27.7 Å². The molecule has 0 saturated heterocycles. The van der Waals surface area contributed by atoms with Crippen molar-refractivity contribution in [1.82, 2.24) is 21.1 Å². The minimum absolute atomic E-state index is 0.176. The van der Waals surface area contributed by atoms with Gasteiger partial charge in [-0.15, -0.1) is 0 Å². The molecule has 1 aliphatic carbocycles. The van der Waals surface area contributed by atoms with Crippen LogP contribution in [0.1, 0.15) is 38.7 Å². The van der Waals surface area contributed by atoms with Gasteiger partial charge in [0.25, 0.3) is 0 Å². The number of hydroxylamine groups is 1. The number of likely N-dealkylation sites (N-methyl/N-ethyl adjacent to an activating group) is 1. The van der Waals surface area contributed by atoms with Gasteiger partial charge in [0, 0.05) is 31.2 Å². The van der Waals surface area contributed by atoms with Gasteiger partial charge in [-0.05, 0) is 37.0 Å². The van der Waals surface area contributed by atoms with Gasteiger partial charge >= 0.3 is 0 Å². The average Bonchev–Trinajstić information content (AvgIpc) is 2.77. The Morgan fingerprint density at radius 1 is 1.33 bits per heavy atom. The van der Waals surface area contributed by atoms with Gasteiger partial charge in [-0.2, -0.15) is 0 Å². The maximum absolute atomic E-state index is 10.2. The Morgan fingerprint density at radius 2 is 2.13 bits per heavy atom. The van der Waals surface area contributed by atoms with Crippen LogP contribution in [0.3, 0.4) is 0 Å². The van der Waals surface area contributed by atoms with E-state index in [4.69, 9.17) is 17.1 Å². The van der Waals surface area contributed by atoms with Gasteiger partial charge in [-0.3, -0.25) is 15.3 Å². The smallest absolute Gasteiger partial charge is 0.102 e. The topological polar surface area (TPSA) is 78.4 Å². The van der Waals surface area contributed by atoms with Gasteiger partial charge in [-0.25, -0.2) is 0 Å². The van der Waals surface area contributed by atoms with Crippen LogP contribution in [0.2, 0.25) is 0 Å². The van der Waals surface area contributed by atoms with E-state index in [9.17, 15) is 5.11 Å². The van der Waals surface area contributed by atoms with E-state index in [-0.39, 0.29) is 6.61 Å². The van der Waals surface area contributed by atoms with Gasteiger partial charge in [0.2, 0.25) is 0 Å². The Hall–Kier alpha value is -2.06. The van der Waals surface area contributed by atoms with Crippen LogP contribution >= 0.6 is 12.2 Å². The summed E-state index contributed by atoms with van der Waals surface area (Å²) >= 11 is 5.81. The molecule has 0 fully saturated rings. The van der Waals surface area contributed by atoms with E-state index in [0.717, 1.165) is 46.4 Å². The van der Waals surface area contributed by atoms with Gasteiger partial charge in [-0.1, -0.05) is 50.3 Å². The molecule has 1 aromatic carbocycles. The molecular formula is C23H32N4O2S. The fraction of sp³-hybridized carbons (Fsp3) is 0.478. The number of hydrogen-bond acceptors (Lipinski definition) is 6. The number of thiocarbonyl (C=S) groups is 1. The van der Waals surface area contributed by atoms with Crippen molar-refractivity contribution in [2.75, 3.05) is 20.2 Å². The number of nitrogens with zero attached hydrogens (tertiary/aromatic N) is 1. The van der Waals surface area contributed by atoms with Crippen molar-refractivity contribution in [2.24, 2.45) is 0 Å². The summed E-state index contributed by atoms with van der Waals surface area (Å²) in [7, 11) is 1.85. The number of fused-ring (bicyclic) bond motifs is 1. The summed E-state index contributed by atoms with van der Waals surface area (Å²) in [5, 5.41) is 17.6. The summed E-state index contributed by atoms with van der Waals surface area (Å²) in [5.41, 5.74) is 5.46. The molecule has 0 spiro atoms. The third kappa shape index (κ3) is 4.98. The first-order chi connectivity index (χ1) is 14.5. The molecule has 0 aliphatic heterocycles. The second-order valence-electron chi connectivity index (χ2n) is 8.04. The lowest BCUT2D eigenvalue weighted by atomic mass is 9.71. The molecule has 0 bridgehead atoms. The predicted octanol–water partition coefficient (Wildman–Crippen LogP) is 2.97. The molecule has 6 nitrogen and oxygen atoms in total. The lowest BCUT2D eigenvalue weighted by molar-refractivity contribution is -0.0101. The predicted molar refractivity (Wildman–Crippen MR) is 125 cm³/mol. The molecule has 30 heavy (non-hydrogen) atoms. The molecule has 7 heteroatoms. The largest absolute Gasteiger partial charge is 0.389 e. The first kappa shape index (κ1) is 22.6. The number of nitrogens with one attached hydrogen (secondary N) is 3. The standard InChI is InChI=1S/C23H32N4O2S/c1-16(2)25-14-19(28)15-29-27-21-10-6-7-11-23(21,22(30)24-3)18-12-17-8-4-5-9-20(17)26-13-18/h4-5,8-10,12-13,16,19,25,27-28H,6-7,11,14-15H2,1-3H3,(H,24,30). The first-order valence-corrected chi connectivity index (χ1v) is 11.0. The monoisotopic (exact) mass is 428 g/mol. The molecule has 0 radical (unpaired) electrons. The minimum Gasteiger partial charge on any atom is -0.389 e. The summed E-state index contributed by atoms with van der Waals surface area (Å²) in [6.07, 6.45) is 6.26. The Labute approximate surface area is 184 Å². The van der Waals surface area contributed by atoms with Crippen molar-refractivity contribution in [2.45, 2.75) is 50.7 Å². The molecule has 3 rings (SSSR count). The number of allylic oxidation sites excluding steroid dienone is 1. The lowest BCUT2D eigenvalue weighted by Gasteiger charge is -2.39. The molecule has 2 unspecified atom stereocenters. The van der Waals surface area contributed by atoms with Gasteiger partial charge in [0.15, 0.2) is 0 Å². The number of hydrogen-bond donors (Lipinski definition) is 4. The molecular weight excluding hydrogens is 396 g/mol. The average molecular weight is 429 g/mol. The third-order valence-corrected chi connectivity index (χ3v) is 6.03. The van der Waals surface area contributed by atoms with E-state index < -0.39 is 11.5 Å². The van der Waals surface area contributed by atoms with E-state index in [1.807, 2.05) is 45.3 Å². The number of benzene rings is 1. The van der Waals surface area contributed by atoms with E-state index in [2.05, 4.69) is 39.3 Å². The Kier molecular flexibility index (Phi) is 7.77. The molecule has 162 valence electrons. The van der Waals surface area contributed by atoms with Crippen molar-refractivity contribution >= 4 is 28.1 Å². The number of rotatable bonds is 9. The molecule has 0 saturated carbocycles. The quantitative estimate of drug-likeness (QED) is 0.361. The third-order valence-electron chi connectivity index (χ3n) is 5.48. The van der Waals surface area contributed by atoms with Crippen molar-refractivity contribution in [1.29, 1.82) is 0 Å². The highest BCUT2D eigenvalue weighted by Gasteiger charge is 2.42. The van der Waals surface area contributed by atoms with Gasteiger partial charge < -0.3 is 15.7 Å². The SMILES string of the molecule is CNC(=S)C1(c2cnc3ccccc3c2)CCCC=C1NOCC(O)CNC(C)C. The van der Waals surface area contributed by atoms with Gasteiger partial charge in [0.1, 0.15) is 6.61 Å². The zero-order valence-electron chi connectivity index (χ0n) is 17.9. The summed E-state index contributed by atoms with van der Waals surface area (Å²) in [6, 6.07) is 10.6. The van der Waals surface area contributed by atoms with E-state index >= 15 is 0 Å². The summed E-state index contributed by atoms with van der Waals surface area (Å²) in [5.74, 6) is 0. The number of para-hydroxylation sites is 1. The highest BCUT2D eigenvalue weighted by atomic mass is 32.1. The van der Waals surface area contributed by atoms with Crippen LogP contribution in [0, 0.1) is 0 Å². The van der Waals surface area contributed by atoms with Crippen LogP contribution in [-0.2, 0) is 10.3 Å². The van der Waals surface area contributed by atoms with Crippen molar-refractivity contribution < 1.29 is 9.94 Å². The molecule has 1 aliphatic rings. The number of aromatic nitrogens is 1. The molecule has 0 amide bonds. The molecule has 2 atom stereocenters. The second kappa shape index (κ2) is 10.3. The second-order valence-corrected chi connectivity index (χ2v) is 8.45. The zero-order valence-corrected chi connectivity index (χ0v) is 18.8. The van der Waals surface area contributed by atoms with Crippen LogP contribution in [0.25, 0.3) is 10.9 Å². The molecule has 2 aromatic rings. The number of aliphatic hydroxyl groups excluding tert-OH is 1. The number of pyridine rings is 1. The molecule has 4 N–H and O–H groups in total. The van der Waals surface area contributed by atoms with Crippen LogP contribution in [-0.4, -0.2) is 47.4 Å². The first-order valence-electron chi connectivity index (χ1n) is 10.5. The Balaban J connectivity index is 1.84. The Bertz CT molecular complexity index is 902. The van der Waals surface area contributed by atoms with Crippen LogP contribution < -0.4 is 16.1 Å².